The first-order valence-corrected chi connectivity index (χ1v) is 10.1. The third-order valence-corrected chi connectivity index (χ3v) is 5.57. The summed E-state index contributed by atoms with van der Waals surface area (Å²) >= 11 is 5.77. The number of likely N-dealkylation sites (tertiary alicyclic amines) is 1. The van der Waals surface area contributed by atoms with E-state index in [-0.39, 0.29) is 0 Å². The van der Waals surface area contributed by atoms with E-state index in [2.05, 4.69) is 32.3 Å². The molecule has 0 amide bonds. The van der Waals surface area contributed by atoms with Crippen LogP contribution in [0.5, 0.6) is 0 Å². The highest BCUT2D eigenvalue weighted by atomic mass is 35.5. The highest BCUT2D eigenvalue weighted by Crippen LogP contribution is 2.26. The number of halogens is 1. The second-order valence-electron chi connectivity index (χ2n) is 7.34. The van der Waals surface area contributed by atoms with Crippen molar-refractivity contribution in [2.24, 2.45) is 5.92 Å². The smallest absolute Gasteiger partial charge is 0.151 e. The minimum atomic E-state index is 0.450. The minimum Gasteiger partial charge on any atom is -0.308 e. The molecular weight excluding hydrogens is 332 g/mol. The zero-order chi connectivity index (χ0) is 17.3. The molecule has 3 rings (SSSR count). The number of hydrogen-bond donors (Lipinski definition) is 1. The average molecular weight is 361 g/mol. The summed E-state index contributed by atoms with van der Waals surface area (Å²) in [6.07, 6.45) is 10.2. The van der Waals surface area contributed by atoms with Crippen molar-refractivity contribution in [3.8, 4) is 11.8 Å². The fourth-order valence-corrected chi connectivity index (χ4v) is 3.86. The van der Waals surface area contributed by atoms with Crippen molar-refractivity contribution < 1.29 is 0 Å². The van der Waals surface area contributed by atoms with Crippen LogP contribution in [-0.2, 0) is 6.54 Å². The molecule has 1 saturated heterocycles. The van der Waals surface area contributed by atoms with Gasteiger partial charge in [0, 0.05) is 19.0 Å². The molecule has 1 aliphatic carbocycles. The number of piperidine rings is 1. The third-order valence-electron chi connectivity index (χ3n) is 5.37. The normalized spacial score (nSPS) is 24.5. The third kappa shape index (κ3) is 6.58. The standard InChI is InChI=1S/C20H29ClN4/c21-20-12-11-19(23-24-20)16-22-18-9-7-17(8-10-18)6-2-5-15-25-13-3-1-4-14-25/h11-12,17-18,22H,1,3-4,6-10,13-16H2. The maximum Gasteiger partial charge on any atom is 0.151 e. The summed E-state index contributed by atoms with van der Waals surface area (Å²) in [6, 6.07) is 4.33. The Labute approximate surface area is 156 Å². The Kier molecular flexibility index (Phi) is 7.54. The monoisotopic (exact) mass is 360 g/mol. The van der Waals surface area contributed by atoms with E-state index < -0.39 is 0 Å². The number of aromatic nitrogens is 2. The summed E-state index contributed by atoms with van der Waals surface area (Å²) in [5.41, 5.74) is 0.954. The molecule has 4 nitrogen and oxygen atoms in total. The van der Waals surface area contributed by atoms with Gasteiger partial charge in [-0.2, -0.15) is 5.10 Å². The lowest BCUT2D eigenvalue weighted by atomic mass is 9.84. The highest BCUT2D eigenvalue weighted by Gasteiger charge is 2.20. The molecule has 25 heavy (non-hydrogen) atoms. The molecule has 1 N–H and O–H groups in total. The van der Waals surface area contributed by atoms with Crippen LogP contribution in [0.25, 0.3) is 0 Å². The maximum atomic E-state index is 5.77. The van der Waals surface area contributed by atoms with Crippen molar-refractivity contribution in [2.75, 3.05) is 19.6 Å². The number of nitrogens with zero attached hydrogens (tertiary/aromatic N) is 3. The second kappa shape index (κ2) is 10.1. The van der Waals surface area contributed by atoms with Crippen LogP contribution in [0.2, 0.25) is 5.15 Å². The Morgan fingerprint density at radius 3 is 2.56 bits per heavy atom. The van der Waals surface area contributed by atoms with Crippen LogP contribution < -0.4 is 5.32 Å². The van der Waals surface area contributed by atoms with Gasteiger partial charge in [0.05, 0.1) is 12.2 Å². The van der Waals surface area contributed by atoms with Crippen molar-refractivity contribution in [1.82, 2.24) is 20.4 Å². The molecule has 1 aromatic rings. The number of nitrogens with one attached hydrogen (secondary N) is 1. The zero-order valence-corrected chi connectivity index (χ0v) is 15.8. The first kappa shape index (κ1) is 18.6. The predicted octanol–water partition coefficient (Wildman–Crippen LogP) is 3.66. The van der Waals surface area contributed by atoms with Gasteiger partial charge in [-0.1, -0.05) is 23.9 Å². The van der Waals surface area contributed by atoms with E-state index in [4.69, 9.17) is 11.6 Å². The molecule has 2 aliphatic rings. The molecule has 2 heterocycles. The van der Waals surface area contributed by atoms with E-state index in [1.54, 1.807) is 6.07 Å². The summed E-state index contributed by atoms with van der Waals surface area (Å²) in [5.74, 6) is 7.62. The molecule has 0 spiro atoms. The van der Waals surface area contributed by atoms with Crippen LogP contribution in [0.1, 0.15) is 57.1 Å². The Morgan fingerprint density at radius 1 is 1.04 bits per heavy atom. The first-order valence-electron chi connectivity index (χ1n) is 9.69. The summed E-state index contributed by atoms with van der Waals surface area (Å²) in [6.45, 7) is 4.22. The van der Waals surface area contributed by atoms with Crippen LogP contribution in [0.3, 0.4) is 0 Å². The van der Waals surface area contributed by atoms with Gasteiger partial charge in [-0.05, 0) is 69.7 Å². The lowest BCUT2D eigenvalue weighted by Gasteiger charge is -2.28. The molecule has 136 valence electrons. The van der Waals surface area contributed by atoms with Crippen molar-refractivity contribution >= 4 is 11.6 Å². The zero-order valence-electron chi connectivity index (χ0n) is 15.0. The van der Waals surface area contributed by atoms with E-state index >= 15 is 0 Å². The van der Waals surface area contributed by atoms with Gasteiger partial charge in [-0.25, -0.2) is 0 Å². The Bertz CT molecular complexity index is 564. The van der Waals surface area contributed by atoms with Gasteiger partial charge in [0.1, 0.15) is 0 Å². The highest BCUT2D eigenvalue weighted by molar-refractivity contribution is 6.29. The minimum absolute atomic E-state index is 0.450. The van der Waals surface area contributed by atoms with Crippen LogP contribution >= 0.6 is 11.6 Å². The molecule has 1 saturated carbocycles. The second-order valence-corrected chi connectivity index (χ2v) is 7.73. The van der Waals surface area contributed by atoms with Crippen molar-refractivity contribution in [3.05, 3.63) is 23.0 Å². The van der Waals surface area contributed by atoms with E-state index in [0.717, 1.165) is 31.1 Å². The van der Waals surface area contributed by atoms with Crippen molar-refractivity contribution in [3.63, 3.8) is 0 Å². The van der Waals surface area contributed by atoms with Gasteiger partial charge in [0.15, 0.2) is 5.15 Å². The molecule has 0 radical (unpaired) electrons. The fraction of sp³-hybridized carbons (Fsp3) is 0.700. The number of hydrogen-bond acceptors (Lipinski definition) is 4. The van der Waals surface area contributed by atoms with Gasteiger partial charge < -0.3 is 5.32 Å². The summed E-state index contributed by atoms with van der Waals surface area (Å²) < 4.78 is 0. The van der Waals surface area contributed by atoms with E-state index in [1.807, 2.05) is 6.07 Å². The summed E-state index contributed by atoms with van der Waals surface area (Å²) in [4.78, 5) is 2.50. The quantitative estimate of drug-likeness (QED) is 0.813. The molecule has 5 heteroatoms. The van der Waals surface area contributed by atoms with Gasteiger partial charge in [0.25, 0.3) is 0 Å². The van der Waals surface area contributed by atoms with Crippen LogP contribution in [0.4, 0.5) is 0 Å². The Balaban J connectivity index is 1.30. The van der Waals surface area contributed by atoms with Crippen LogP contribution in [-0.4, -0.2) is 40.8 Å². The average Bonchev–Trinajstić information content (AvgIpc) is 2.67. The van der Waals surface area contributed by atoms with Gasteiger partial charge in [0.2, 0.25) is 0 Å². The van der Waals surface area contributed by atoms with E-state index in [0.29, 0.717) is 11.2 Å². The van der Waals surface area contributed by atoms with Gasteiger partial charge >= 0.3 is 0 Å². The molecule has 2 fully saturated rings. The predicted molar refractivity (Wildman–Crippen MR) is 102 cm³/mol. The van der Waals surface area contributed by atoms with Crippen LogP contribution in [0, 0.1) is 17.8 Å². The molecular formula is C20H29ClN4. The maximum absolute atomic E-state index is 5.77. The Hall–Kier alpha value is -1.15. The van der Waals surface area contributed by atoms with Crippen LogP contribution in [0.15, 0.2) is 12.1 Å². The largest absolute Gasteiger partial charge is 0.308 e. The molecule has 0 aromatic carbocycles. The SMILES string of the molecule is Clc1ccc(CNC2CCC(CC#CCN3CCCCC3)CC2)nn1. The summed E-state index contributed by atoms with van der Waals surface area (Å²) in [5, 5.41) is 12.0. The summed E-state index contributed by atoms with van der Waals surface area (Å²) in [7, 11) is 0. The number of rotatable bonds is 5. The topological polar surface area (TPSA) is 41.0 Å². The molecule has 1 aromatic heterocycles. The first-order chi connectivity index (χ1) is 12.3. The Morgan fingerprint density at radius 2 is 1.84 bits per heavy atom. The lowest BCUT2D eigenvalue weighted by molar-refractivity contribution is 0.255. The van der Waals surface area contributed by atoms with E-state index in [9.17, 15) is 0 Å². The van der Waals surface area contributed by atoms with Gasteiger partial charge in [-0.3, -0.25) is 4.90 Å². The van der Waals surface area contributed by atoms with E-state index in [1.165, 1.54) is 58.0 Å². The lowest BCUT2D eigenvalue weighted by Crippen LogP contribution is -2.33. The van der Waals surface area contributed by atoms with Gasteiger partial charge in [-0.15, -0.1) is 11.0 Å². The molecule has 0 unspecified atom stereocenters. The van der Waals surface area contributed by atoms with Crippen molar-refractivity contribution in [2.45, 2.75) is 64.0 Å². The molecule has 0 atom stereocenters. The molecule has 0 bridgehead atoms. The van der Waals surface area contributed by atoms with Crippen molar-refractivity contribution in [1.29, 1.82) is 0 Å². The fourth-order valence-electron chi connectivity index (χ4n) is 3.76. The molecule has 1 aliphatic heterocycles.